The van der Waals surface area contributed by atoms with Gasteiger partial charge in [0.25, 0.3) is 5.91 Å². The molecule has 23 heavy (non-hydrogen) atoms. The Morgan fingerprint density at radius 2 is 1.78 bits per heavy atom. The number of hydrogen-bond acceptors (Lipinski definition) is 3. The van der Waals surface area contributed by atoms with Crippen LogP contribution in [0.25, 0.3) is 0 Å². The molecule has 0 unspecified atom stereocenters. The van der Waals surface area contributed by atoms with Crippen molar-refractivity contribution < 1.29 is 4.79 Å². The second kappa shape index (κ2) is 8.67. The van der Waals surface area contributed by atoms with E-state index in [-0.39, 0.29) is 5.91 Å². The highest BCUT2D eigenvalue weighted by Gasteiger charge is 2.11. The van der Waals surface area contributed by atoms with E-state index in [1.165, 1.54) is 0 Å². The highest BCUT2D eigenvalue weighted by atomic mass is 79.9. The van der Waals surface area contributed by atoms with Crippen LogP contribution in [0.1, 0.15) is 37.0 Å². The molecule has 5 heteroatoms. The van der Waals surface area contributed by atoms with Gasteiger partial charge in [-0.1, -0.05) is 29.8 Å². The van der Waals surface area contributed by atoms with Gasteiger partial charge in [-0.15, -0.1) is 0 Å². The average Bonchev–Trinajstić information content (AvgIpc) is 2.57. The molecule has 4 nitrogen and oxygen atoms in total. The highest BCUT2D eigenvalue weighted by molar-refractivity contribution is 9.10. The molecule has 122 valence electrons. The summed E-state index contributed by atoms with van der Waals surface area (Å²) in [6, 6.07) is 9.43. The number of carbonyl (C=O) groups is 1. The van der Waals surface area contributed by atoms with E-state index in [4.69, 9.17) is 0 Å². The maximum atomic E-state index is 12.4. The third-order valence-corrected chi connectivity index (χ3v) is 3.97. The molecule has 1 amide bonds. The van der Waals surface area contributed by atoms with Gasteiger partial charge in [-0.25, -0.2) is 0 Å². The first-order valence-electron chi connectivity index (χ1n) is 7.91. The molecule has 0 fully saturated rings. The summed E-state index contributed by atoms with van der Waals surface area (Å²) in [5.74, 6) is -0.144. The number of nitrogens with zero attached hydrogens (tertiary/aromatic N) is 2. The second-order valence-electron chi connectivity index (χ2n) is 5.38. The maximum Gasteiger partial charge on any atom is 0.257 e. The van der Waals surface area contributed by atoms with Gasteiger partial charge in [0.15, 0.2) is 0 Å². The molecule has 0 saturated carbocycles. The smallest absolute Gasteiger partial charge is 0.257 e. The zero-order valence-electron chi connectivity index (χ0n) is 13.6. The van der Waals surface area contributed by atoms with E-state index in [0.717, 1.165) is 41.8 Å². The fraction of sp³-hybridized carbons (Fsp3) is 0.333. The Balaban J connectivity index is 2.14. The lowest BCUT2D eigenvalue weighted by Crippen LogP contribution is -2.25. The van der Waals surface area contributed by atoms with Crippen molar-refractivity contribution >= 4 is 33.2 Å². The van der Waals surface area contributed by atoms with Crippen LogP contribution in [0.3, 0.4) is 0 Å². The molecule has 2 aromatic rings. The zero-order valence-corrected chi connectivity index (χ0v) is 15.1. The molecule has 0 bridgehead atoms. The number of anilines is 2. The van der Waals surface area contributed by atoms with Crippen molar-refractivity contribution in [3.8, 4) is 0 Å². The number of aromatic nitrogens is 1. The number of rotatable bonds is 7. The molecule has 1 aromatic heterocycles. The molecule has 0 spiro atoms. The minimum atomic E-state index is -0.144. The first kappa shape index (κ1) is 17.5. The summed E-state index contributed by atoms with van der Waals surface area (Å²) >= 11 is 3.38. The van der Waals surface area contributed by atoms with Crippen molar-refractivity contribution in [1.82, 2.24) is 4.98 Å². The monoisotopic (exact) mass is 375 g/mol. The standard InChI is InChI=1S/C18H22BrN3O/c1-3-9-22(10-4-2)17-11-14(12-20-13-17)18(23)21-16-7-5-15(19)6-8-16/h5-8,11-13H,3-4,9-10H2,1-2H3,(H,21,23). The van der Waals surface area contributed by atoms with Crippen molar-refractivity contribution in [2.24, 2.45) is 0 Å². The van der Waals surface area contributed by atoms with Crippen molar-refractivity contribution in [1.29, 1.82) is 0 Å². The van der Waals surface area contributed by atoms with E-state index in [1.54, 1.807) is 6.20 Å². The maximum absolute atomic E-state index is 12.4. The van der Waals surface area contributed by atoms with Crippen LogP contribution in [-0.4, -0.2) is 24.0 Å². The number of amides is 1. The van der Waals surface area contributed by atoms with Crippen LogP contribution in [-0.2, 0) is 0 Å². The molecule has 0 radical (unpaired) electrons. The lowest BCUT2D eigenvalue weighted by molar-refractivity contribution is 0.102. The van der Waals surface area contributed by atoms with E-state index in [2.05, 4.69) is 45.0 Å². The number of halogens is 1. The topological polar surface area (TPSA) is 45.2 Å². The van der Waals surface area contributed by atoms with Crippen LogP contribution < -0.4 is 10.2 Å². The van der Waals surface area contributed by atoms with E-state index in [9.17, 15) is 4.79 Å². The molecule has 0 aliphatic heterocycles. The summed E-state index contributed by atoms with van der Waals surface area (Å²) in [6.45, 7) is 6.24. The van der Waals surface area contributed by atoms with Crippen LogP contribution in [0.5, 0.6) is 0 Å². The fourth-order valence-electron chi connectivity index (χ4n) is 2.37. The Morgan fingerprint density at radius 3 is 2.39 bits per heavy atom. The Bertz CT molecular complexity index is 637. The molecule has 0 aliphatic rings. The molecule has 1 N–H and O–H groups in total. The summed E-state index contributed by atoms with van der Waals surface area (Å²) in [5, 5.41) is 2.90. The average molecular weight is 376 g/mol. The Morgan fingerprint density at radius 1 is 1.13 bits per heavy atom. The summed E-state index contributed by atoms with van der Waals surface area (Å²) in [7, 11) is 0. The Hall–Kier alpha value is -1.88. The molecular weight excluding hydrogens is 354 g/mol. The lowest BCUT2D eigenvalue weighted by atomic mass is 10.2. The number of benzene rings is 1. The predicted octanol–water partition coefficient (Wildman–Crippen LogP) is 4.72. The third-order valence-electron chi connectivity index (χ3n) is 3.44. The molecule has 0 atom stereocenters. The second-order valence-corrected chi connectivity index (χ2v) is 6.30. The van der Waals surface area contributed by atoms with Crippen LogP contribution >= 0.6 is 15.9 Å². The molecular formula is C18H22BrN3O. The number of carbonyl (C=O) groups excluding carboxylic acids is 1. The molecule has 0 aliphatic carbocycles. The van der Waals surface area contributed by atoms with Gasteiger partial charge in [0.05, 0.1) is 17.4 Å². The lowest BCUT2D eigenvalue weighted by Gasteiger charge is -2.23. The van der Waals surface area contributed by atoms with Gasteiger partial charge in [-0.3, -0.25) is 9.78 Å². The largest absolute Gasteiger partial charge is 0.370 e. The van der Waals surface area contributed by atoms with Crippen molar-refractivity contribution in [2.45, 2.75) is 26.7 Å². The van der Waals surface area contributed by atoms with E-state index >= 15 is 0 Å². The quantitative estimate of drug-likeness (QED) is 0.760. The predicted molar refractivity (Wildman–Crippen MR) is 99.1 cm³/mol. The van der Waals surface area contributed by atoms with Crippen molar-refractivity contribution in [2.75, 3.05) is 23.3 Å². The number of nitrogens with one attached hydrogen (secondary N) is 1. The summed E-state index contributed by atoms with van der Waals surface area (Å²) < 4.78 is 0.980. The molecule has 1 aromatic carbocycles. The van der Waals surface area contributed by atoms with E-state index in [1.807, 2.05) is 36.5 Å². The third kappa shape index (κ3) is 5.06. The van der Waals surface area contributed by atoms with Gasteiger partial charge in [-0.2, -0.15) is 0 Å². The van der Waals surface area contributed by atoms with Gasteiger partial charge >= 0.3 is 0 Å². The van der Waals surface area contributed by atoms with Gasteiger partial charge in [0.1, 0.15) is 0 Å². The Labute approximate surface area is 146 Å². The first-order valence-corrected chi connectivity index (χ1v) is 8.70. The molecule has 2 rings (SSSR count). The fourth-order valence-corrected chi connectivity index (χ4v) is 2.64. The van der Waals surface area contributed by atoms with Crippen LogP contribution in [0.15, 0.2) is 47.2 Å². The Kier molecular flexibility index (Phi) is 6.59. The van der Waals surface area contributed by atoms with E-state index in [0.29, 0.717) is 5.56 Å². The SMILES string of the molecule is CCCN(CCC)c1cncc(C(=O)Nc2ccc(Br)cc2)c1. The van der Waals surface area contributed by atoms with Crippen LogP contribution in [0.4, 0.5) is 11.4 Å². The first-order chi connectivity index (χ1) is 11.1. The van der Waals surface area contributed by atoms with Crippen molar-refractivity contribution in [3.05, 3.63) is 52.8 Å². The zero-order chi connectivity index (χ0) is 16.7. The van der Waals surface area contributed by atoms with Gasteiger partial charge < -0.3 is 10.2 Å². The van der Waals surface area contributed by atoms with Gasteiger partial charge in [0.2, 0.25) is 0 Å². The number of pyridine rings is 1. The normalized spacial score (nSPS) is 10.4. The summed E-state index contributed by atoms with van der Waals surface area (Å²) in [5.41, 5.74) is 2.34. The van der Waals surface area contributed by atoms with E-state index < -0.39 is 0 Å². The minimum absolute atomic E-state index is 0.144. The minimum Gasteiger partial charge on any atom is -0.370 e. The summed E-state index contributed by atoms with van der Waals surface area (Å²) in [6.07, 6.45) is 5.56. The molecule has 1 heterocycles. The molecule has 0 saturated heterocycles. The highest BCUT2D eigenvalue weighted by Crippen LogP contribution is 2.18. The number of hydrogen-bond donors (Lipinski definition) is 1. The van der Waals surface area contributed by atoms with Crippen molar-refractivity contribution in [3.63, 3.8) is 0 Å². The van der Waals surface area contributed by atoms with Gasteiger partial charge in [0, 0.05) is 29.4 Å². The van der Waals surface area contributed by atoms with Gasteiger partial charge in [-0.05, 0) is 43.2 Å². The summed E-state index contributed by atoms with van der Waals surface area (Å²) in [4.78, 5) is 18.9. The van der Waals surface area contributed by atoms with Crippen LogP contribution in [0.2, 0.25) is 0 Å². The van der Waals surface area contributed by atoms with Crippen LogP contribution in [0, 0.1) is 0 Å².